The topological polar surface area (TPSA) is 64.4 Å². The Labute approximate surface area is 63.3 Å². The molecule has 0 aromatic carbocycles. The molecule has 0 saturated heterocycles. The summed E-state index contributed by atoms with van der Waals surface area (Å²) in [5.74, 6) is 5.41. The van der Waals surface area contributed by atoms with E-state index >= 15 is 0 Å². The quantitative estimate of drug-likeness (QED) is 0.270. The van der Waals surface area contributed by atoms with Gasteiger partial charge in [0.15, 0.2) is 5.84 Å². The highest BCUT2D eigenvalue weighted by Gasteiger charge is 2.02. The van der Waals surface area contributed by atoms with Gasteiger partial charge in [0.05, 0.1) is 4.88 Å². The Hall–Kier alpha value is -1.03. The molecule has 1 heterocycles. The standard InChI is InChI=1S/C6H9N3S/c1-4-2-3-10-5(4)6(7)9-8/h2-3H,8H2,1H3,(H2,7,9). The highest BCUT2D eigenvalue weighted by Crippen LogP contribution is 2.14. The Morgan fingerprint density at radius 3 is 2.80 bits per heavy atom. The van der Waals surface area contributed by atoms with Crippen molar-refractivity contribution in [3.8, 4) is 0 Å². The molecule has 0 aliphatic carbocycles. The number of amidine groups is 1. The molecule has 4 N–H and O–H groups in total. The molecule has 0 fully saturated rings. The normalized spacial score (nSPS) is 11.9. The van der Waals surface area contributed by atoms with Gasteiger partial charge in [-0.15, -0.1) is 11.3 Å². The van der Waals surface area contributed by atoms with Gasteiger partial charge in [0.25, 0.3) is 0 Å². The molecule has 1 rings (SSSR count). The minimum Gasteiger partial charge on any atom is -0.381 e. The van der Waals surface area contributed by atoms with Crippen molar-refractivity contribution >= 4 is 17.2 Å². The zero-order valence-corrected chi connectivity index (χ0v) is 6.48. The molecule has 0 bridgehead atoms. The molecule has 0 saturated carbocycles. The van der Waals surface area contributed by atoms with Crippen LogP contribution in [-0.4, -0.2) is 5.84 Å². The molecule has 0 unspecified atom stereocenters. The third-order valence-corrected chi connectivity index (χ3v) is 2.27. The molecule has 0 radical (unpaired) electrons. The van der Waals surface area contributed by atoms with Crippen molar-refractivity contribution in [1.29, 1.82) is 0 Å². The van der Waals surface area contributed by atoms with Crippen molar-refractivity contribution in [1.82, 2.24) is 0 Å². The van der Waals surface area contributed by atoms with Crippen LogP contribution in [0.1, 0.15) is 10.4 Å². The maximum absolute atomic E-state index is 5.47. The van der Waals surface area contributed by atoms with Crippen LogP contribution >= 0.6 is 11.3 Å². The van der Waals surface area contributed by atoms with E-state index in [4.69, 9.17) is 11.6 Å². The minimum absolute atomic E-state index is 0.410. The van der Waals surface area contributed by atoms with E-state index in [0.717, 1.165) is 10.4 Å². The molecule has 10 heavy (non-hydrogen) atoms. The monoisotopic (exact) mass is 155 g/mol. The third kappa shape index (κ3) is 1.11. The first-order chi connectivity index (χ1) is 4.75. The van der Waals surface area contributed by atoms with Crippen molar-refractivity contribution in [2.24, 2.45) is 16.7 Å². The molecule has 0 atom stereocenters. The molecule has 4 heteroatoms. The molecular formula is C6H9N3S. The van der Waals surface area contributed by atoms with Crippen LogP contribution < -0.4 is 11.6 Å². The van der Waals surface area contributed by atoms with Crippen LogP contribution in [0.15, 0.2) is 16.5 Å². The largest absolute Gasteiger partial charge is 0.381 e. The lowest BCUT2D eigenvalue weighted by atomic mass is 10.3. The Bertz CT molecular complexity index is 251. The van der Waals surface area contributed by atoms with Crippen LogP contribution in [-0.2, 0) is 0 Å². The van der Waals surface area contributed by atoms with Crippen molar-refractivity contribution in [2.45, 2.75) is 6.92 Å². The lowest BCUT2D eigenvalue weighted by molar-refractivity contribution is 1.23. The first-order valence-corrected chi connectivity index (χ1v) is 3.71. The average Bonchev–Trinajstić information content (AvgIpc) is 2.34. The van der Waals surface area contributed by atoms with Crippen molar-refractivity contribution in [3.05, 3.63) is 21.9 Å². The van der Waals surface area contributed by atoms with Gasteiger partial charge < -0.3 is 11.6 Å². The van der Waals surface area contributed by atoms with Crippen LogP contribution in [0.5, 0.6) is 0 Å². The molecule has 0 aliphatic heterocycles. The van der Waals surface area contributed by atoms with Gasteiger partial charge in [-0.1, -0.05) is 0 Å². The number of aryl methyl sites for hydroxylation is 1. The van der Waals surface area contributed by atoms with E-state index in [1.165, 1.54) is 0 Å². The summed E-state index contributed by atoms with van der Waals surface area (Å²) in [7, 11) is 0. The molecule has 1 aromatic rings. The number of thiophene rings is 1. The summed E-state index contributed by atoms with van der Waals surface area (Å²) in [6, 6.07) is 1.98. The predicted octanol–water partition coefficient (Wildman–Crippen LogP) is 0.636. The van der Waals surface area contributed by atoms with Gasteiger partial charge in [0.1, 0.15) is 0 Å². The van der Waals surface area contributed by atoms with Gasteiger partial charge in [-0.3, -0.25) is 0 Å². The number of nitrogens with zero attached hydrogens (tertiary/aromatic N) is 1. The molecule has 0 aliphatic rings. The second-order valence-electron chi connectivity index (χ2n) is 1.95. The van der Waals surface area contributed by atoms with Gasteiger partial charge in [-0.2, -0.15) is 5.10 Å². The van der Waals surface area contributed by atoms with Gasteiger partial charge in [-0.05, 0) is 23.9 Å². The van der Waals surface area contributed by atoms with E-state index < -0.39 is 0 Å². The lowest BCUT2D eigenvalue weighted by Crippen LogP contribution is -2.14. The Morgan fingerprint density at radius 1 is 1.70 bits per heavy atom. The summed E-state index contributed by atoms with van der Waals surface area (Å²) < 4.78 is 0. The zero-order valence-electron chi connectivity index (χ0n) is 5.66. The number of nitrogens with two attached hydrogens (primary N) is 2. The Kier molecular flexibility index (Phi) is 1.91. The van der Waals surface area contributed by atoms with Crippen molar-refractivity contribution < 1.29 is 0 Å². The SMILES string of the molecule is Cc1ccsc1/C(N)=N/N. The third-order valence-electron chi connectivity index (χ3n) is 1.23. The van der Waals surface area contributed by atoms with Crippen LogP contribution in [0.2, 0.25) is 0 Å². The summed E-state index contributed by atoms with van der Waals surface area (Å²) in [4.78, 5) is 0.961. The smallest absolute Gasteiger partial charge is 0.160 e. The minimum atomic E-state index is 0.410. The van der Waals surface area contributed by atoms with Gasteiger partial charge in [0.2, 0.25) is 0 Å². The van der Waals surface area contributed by atoms with E-state index in [9.17, 15) is 0 Å². The molecule has 3 nitrogen and oxygen atoms in total. The van der Waals surface area contributed by atoms with E-state index in [0.29, 0.717) is 5.84 Å². The number of hydrogen-bond acceptors (Lipinski definition) is 3. The maximum atomic E-state index is 5.47. The fourth-order valence-corrected chi connectivity index (χ4v) is 1.53. The second-order valence-corrected chi connectivity index (χ2v) is 2.86. The predicted molar refractivity (Wildman–Crippen MR) is 44.0 cm³/mol. The van der Waals surface area contributed by atoms with Crippen molar-refractivity contribution in [3.63, 3.8) is 0 Å². The van der Waals surface area contributed by atoms with Crippen LogP contribution in [0.4, 0.5) is 0 Å². The van der Waals surface area contributed by atoms with Gasteiger partial charge in [0, 0.05) is 0 Å². The lowest BCUT2D eigenvalue weighted by Gasteiger charge is -1.93. The van der Waals surface area contributed by atoms with Gasteiger partial charge in [-0.25, -0.2) is 0 Å². The van der Waals surface area contributed by atoms with Crippen LogP contribution in [0.3, 0.4) is 0 Å². The zero-order chi connectivity index (χ0) is 7.56. The van der Waals surface area contributed by atoms with E-state index in [2.05, 4.69) is 5.10 Å². The average molecular weight is 155 g/mol. The second kappa shape index (κ2) is 2.70. The Balaban J connectivity index is 3.05. The summed E-state index contributed by atoms with van der Waals surface area (Å²) in [5.41, 5.74) is 6.60. The van der Waals surface area contributed by atoms with E-state index in [1.54, 1.807) is 11.3 Å². The highest BCUT2D eigenvalue weighted by atomic mass is 32.1. The summed E-state index contributed by atoms with van der Waals surface area (Å²) in [5, 5.41) is 5.36. The summed E-state index contributed by atoms with van der Waals surface area (Å²) >= 11 is 1.55. The molecule has 0 spiro atoms. The number of hydrogen-bond donors (Lipinski definition) is 2. The fourth-order valence-electron chi connectivity index (χ4n) is 0.694. The first kappa shape index (κ1) is 7.08. The first-order valence-electron chi connectivity index (χ1n) is 2.83. The van der Waals surface area contributed by atoms with E-state index in [1.807, 2.05) is 18.4 Å². The molecule has 0 amide bonds. The number of hydrazone groups is 1. The summed E-state index contributed by atoms with van der Waals surface area (Å²) in [6.45, 7) is 1.98. The number of rotatable bonds is 1. The van der Waals surface area contributed by atoms with Crippen molar-refractivity contribution in [2.75, 3.05) is 0 Å². The van der Waals surface area contributed by atoms with E-state index in [-0.39, 0.29) is 0 Å². The molecule has 54 valence electrons. The molecular weight excluding hydrogens is 146 g/mol. The van der Waals surface area contributed by atoms with Gasteiger partial charge >= 0.3 is 0 Å². The summed E-state index contributed by atoms with van der Waals surface area (Å²) in [6.07, 6.45) is 0. The van der Waals surface area contributed by atoms with Crippen LogP contribution in [0, 0.1) is 6.92 Å². The molecule has 1 aromatic heterocycles. The fraction of sp³-hybridized carbons (Fsp3) is 0.167. The highest BCUT2D eigenvalue weighted by molar-refractivity contribution is 7.12. The maximum Gasteiger partial charge on any atom is 0.160 e. The Morgan fingerprint density at radius 2 is 2.40 bits per heavy atom. The van der Waals surface area contributed by atoms with Crippen LogP contribution in [0.25, 0.3) is 0 Å².